The highest BCUT2D eigenvalue weighted by Gasteiger charge is 2.26. The Hall–Kier alpha value is -1.93. The van der Waals surface area contributed by atoms with E-state index in [0.29, 0.717) is 0 Å². The minimum atomic E-state index is -0.227. The summed E-state index contributed by atoms with van der Waals surface area (Å²) < 4.78 is 6.18. The molecule has 1 atom stereocenters. The zero-order chi connectivity index (χ0) is 21.8. The molecule has 0 bridgehead atoms. The first kappa shape index (κ1) is 25.1. The molecule has 0 radical (unpaired) electrons. The Kier molecular flexibility index (Phi) is 10.9. The van der Waals surface area contributed by atoms with E-state index in [1.54, 1.807) is 0 Å². The van der Waals surface area contributed by atoms with Crippen LogP contribution < -0.4 is 0 Å². The topological polar surface area (TPSA) is 21.6 Å². The van der Waals surface area contributed by atoms with Gasteiger partial charge < -0.3 is 4.74 Å². The molecule has 29 heavy (non-hydrogen) atoms. The van der Waals surface area contributed by atoms with Crippen molar-refractivity contribution in [3.05, 3.63) is 66.9 Å². The van der Waals surface area contributed by atoms with Crippen LogP contribution in [-0.2, 0) is 4.74 Å². The van der Waals surface area contributed by atoms with Gasteiger partial charge in [0.2, 0.25) is 0 Å². The second-order valence-corrected chi connectivity index (χ2v) is 9.05. The molecule has 0 heterocycles. The van der Waals surface area contributed by atoms with Gasteiger partial charge in [0.05, 0.1) is 11.2 Å². The third-order valence-corrected chi connectivity index (χ3v) is 5.06. The number of aliphatic imine (C=N–C) groups is 1. The van der Waals surface area contributed by atoms with Crippen LogP contribution in [0.3, 0.4) is 0 Å². The Morgan fingerprint density at radius 2 is 1.55 bits per heavy atom. The van der Waals surface area contributed by atoms with E-state index in [9.17, 15) is 0 Å². The number of unbranched alkanes of at least 4 members (excludes halogenated alkanes) is 5. The zero-order valence-electron chi connectivity index (χ0n) is 19.2. The second kappa shape index (κ2) is 12.6. The number of rotatable bonds is 14. The molecule has 0 aliphatic rings. The van der Waals surface area contributed by atoms with Gasteiger partial charge in [0, 0.05) is 11.8 Å². The molecular weight excluding hydrogens is 354 g/mol. The molecule has 1 aromatic carbocycles. The predicted octanol–water partition coefficient (Wildman–Crippen LogP) is 8.16. The fraction of sp³-hybridized carbons (Fsp3) is 0.519. The Morgan fingerprint density at radius 3 is 2.10 bits per heavy atom. The van der Waals surface area contributed by atoms with Crippen LogP contribution in [-0.4, -0.2) is 17.9 Å². The van der Waals surface area contributed by atoms with Crippen molar-refractivity contribution in [1.29, 1.82) is 0 Å². The highest BCUT2D eigenvalue weighted by molar-refractivity contribution is 5.78. The fourth-order valence-electron chi connectivity index (χ4n) is 3.63. The molecule has 0 saturated carbocycles. The predicted molar refractivity (Wildman–Crippen MR) is 129 cm³/mol. The van der Waals surface area contributed by atoms with Crippen molar-refractivity contribution in [3.8, 4) is 0 Å². The maximum atomic E-state index is 6.18. The molecule has 1 rings (SSSR count). The highest BCUT2D eigenvalue weighted by Crippen LogP contribution is 2.28. The molecule has 0 saturated heterocycles. The van der Waals surface area contributed by atoms with Gasteiger partial charge in [-0.05, 0) is 64.8 Å². The minimum Gasteiger partial charge on any atom is -0.366 e. The summed E-state index contributed by atoms with van der Waals surface area (Å²) in [6, 6.07) is 10.3. The van der Waals surface area contributed by atoms with Crippen LogP contribution in [0.1, 0.15) is 84.6 Å². The summed E-state index contributed by atoms with van der Waals surface area (Å²) in [5.41, 5.74) is 3.04. The smallest absolute Gasteiger partial charge is 0.0838 e. The van der Waals surface area contributed by atoms with Crippen LogP contribution in [0.4, 0.5) is 0 Å². The van der Waals surface area contributed by atoms with Gasteiger partial charge in [-0.2, -0.15) is 0 Å². The molecule has 2 nitrogen and oxygen atoms in total. The summed E-state index contributed by atoms with van der Waals surface area (Å²) in [4.78, 5) is 3.97. The van der Waals surface area contributed by atoms with E-state index in [0.717, 1.165) is 36.0 Å². The van der Waals surface area contributed by atoms with Crippen LogP contribution in [0.5, 0.6) is 0 Å². The van der Waals surface area contributed by atoms with Crippen molar-refractivity contribution < 1.29 is 4.74 Å². The Balaban J connectivity index is 2.27. The molecule has 1 unspecified atom stereocenters. The van der Waals surface area contributed by atoms with Gasteiger partial charge in [0.25, 0.3) is 0 Å². The average molecular weight is 396 g/mol. The van der Waals surface area contributed by atoms with Crippen molar-refractivity contribution in [3.63, 3.8) is 0 Å². The van der Waals surface area contributed by atoms with Crippen molar-refractivity contribution >= 4 is 12.3 Å². The third-order valence-electron chi connectivity index (χ3n) is 5.06. The van der Waals surface area contributed by atoms with Gasteiger partial charge >= 0.3 is 0 Å². The maximum absolute atomic E-state index is 6.18. The van der Waals surface area contributed by atoms with E-state index in [1.165, 1.54) is 32.1 Å². The molecule has 2 heteroatoms. The normalized spacial score (nSPS) is 14.3. The van der Waals surface area contributed by atoms with E-state index < -0.39 is 0 Å². The number of allylic oxidation sites excluding steroid dienone is 2. The Labute approximate surface area is 179 Å². The summed E-state index contributed by atoms with van der Waals surface area (Å²) in [6.07, 6.45) is 13.2. The van der Waals surface area contributed by atoms with Gasteiger partial charge in [-0.15, -0.1) is 6.58 Å². The zero-order valence-corrected chi connectivity index (χ0v) is 19.2. The van der Waals surface area contributed by atoms with Crippen molar-refractivity contribution in [1.82, 2.24) is 0 Å². The van der Waals surface area contributed by atoms with Crippen molar-refractivity contribution in [2.24, 2.45) is 4.99 Å². The summed E-state index contributed by atoms with van der Waals surface area (Å²) in [7, 11) is 0. The van der Waals surface area contributed by atoms with Gasteiger partial charge in [-0.3, -0.25) is 4.99 Å². The van der Waals surface area contributed by atoms with Gasteiger partial charge in [0.1, 0.15) is 0 Å². The summed E-state index contributed by atoms with van der Waals surface area (Å²) in [5.74, 6) is 0. The number of hydrogen-bond donors (Lipinski definition) is 0. The largest absolute Gasteiger partial charge is 0.366 e. The average Bonchev–Trinajstić information content (AvgIpc) is 2.67. The monoisotopic (exact) mass is 395 g/mol. The summed E-state index contributed by atoms with van der Waals surface area (Å²) >= 11 is 0. The van der Waals surface area contributed by atoms with Crippen LogP contribution >= 0.6 is 0 Å². The van der Waals surface area contributed by atoms with Crippen molar-refractivity contribution in [2.45, 2.75) is 90.3 Å². The standard InChI is InChI=1S/C27H41NO/c1-8-27(6,29-26(3,4)5)21-17-12-10-9-11-14-18-23(2)25(22-28-7)24-19-15-13-16-20-24/h8,13,15-16,19-20,22H,1-2,7,9-12,14,17-18,21H2,3-6H3/b25-22+. The highest BCUT2D eigenvalue weighted by atomic mass is 16.5. The first-order chi connectivity index (χ1) is 13.7. The lowest BCUT2D eigenvalue weighted by molar-refractivity contribution is -0.0996. The van der Waals surface area contributed by atoms with E-state index in [2.05, 4.69) is 64.7 Å². The van der Waals surface area contributed by atoms with Crippen LogP contribution in [0, 0.1) is 0 Å². The molecule has 1 aromatic rings. The van der Waals surface area contributed by atoms with E-state index in [-0.39, 0.29) is 11.2 Å². The second-order valence-electron chi connectivity index (χ2n) is 9.05. The molecule has 0 aliphatic carbocycles. The van der Waals surface area contributed by atoms with Crippen LogP contribution in [0.15, 0.2) is 66.3 Å². The van der Waals surface area contributed by atoms with Crippen molar-refractivity contribution in [2.75, 3.05) is 0 Å². The quantitative estimate of drug-likeness (QED) is 0.135. The fourth-order valence-corrected chi connectivity index (χ4v) is 3.63. The molecule has 0 spiro atoms. The molecule has 0 amide bonds. The minimum absolute atomic E-state index is 0.139. The first-order valence-electron chi connectivity index (χ1n) is 10.9. The number of benzene rings is 1. The van der Waals surface area contributed by atoms with E-state index >= 15 is 0 Å². The number of nitrogens with zero attached hydrogens (tertiary/aromatic N) is 1. The summed E-state index contributed by atoms with van der Waals surface area (Å²) in [6.45, 7) is 20.3. The van der Waals surface area contributed by atoms with E-state index in [4.69, 9.17) is 4.74 Å². The SMILES string of the molecule is C=CC(C)(CCCCCCCCC(=C)/C(=C\N=C)c1ccccc1)OC(C)(C)C. The van der Waals surface area contributed by atoms with Crippen LogP contribution in [0.25, 0.3) is 5.57 Å². The van der Waals surface area contributed by atoms with Gasteiger partial charge in [-0.1, -0.05) is 75.1 Å². The maximum Gasteiger partial charge on any atom is 0.0838 e. The molecular formula is C27H41NO. The molecule has 0 N–H and O–H groups in total. The Morgan fingerprint density at radius 1 is 0.966 bits per heavy atom. The lowest BCUT2D eigenvalue weighted by Crippen LogP contribution is -2.35. The molecule has 0 aliphatic heterocycles. The first-order valence-corrected chi connectivity index (χ1v) is 10.9. The third kappa shape index (κ3) is 10.4. The van der Waals surface area contributed by atoms with Gasteiger partial charge in [0.15, 0.2) is 0 Å². The number of hydrogen-bond acceptors (Lipinski definition) is 2. The lowest BCUT2D eigenvalue weighted by Gasteiger charge is -2.34. The Bertz CT molecular complexity index is 666. The lowest BCUT2D eigenvalue weighted by atomic mass is 9.94. The van der Waals surface area contributed by atoms with Crippen LogP contribution in [0.2, 0.25) is 0 Å². The number of ether oxygens (including phenoxy) is 1. The summed E-state index contributed by atoms with van der Waals surface area (Å²) in [5, 5.41) is 0. The molecule has 0 fully saturated rings. The molecule has 0 aromatic heterocycles. The van der Waals surface area contributed by atoms with Gasteiger partial charge in [-0.25, -0.2) is 0 Å². The molecule has 160 valence electrons. The van der Waals surface area contributed by atoms with E-state index in [1.807, 2.05) is 30.5 Å².